The normalized spacial score (nSPS) is 11.7. The molecule has 1 N–H and O–H groups in total. The number of aromatic nitrogens is 3. The smallest absolute Gasteiger partial charge is 0.272 e. The molecule has 0 fully saturated rings. The zero-order valence-corrected chi connectivity index (χ0v) is 12.5. The average Bonchev–Trinajstić information content (AvgIpc) is 2.81. The van der Waals surface area contributed by atoms with Gasteiger partial charge in [0, 0.05) is 22.7 Å². The minimum absolute atomic E-state index is 0.0722. The number of nitro benzene ring substituents is 1. The highest BCUT2D eigenvalue weighted by Crippen LogP contribution is 2.29. The fourth-order valence-electron chi connectivity index (χ4n) is 2.31. The molecule has 0 bridgehead atoms. The van der Waals surface area contributed by atoms with Crippen LogP contribution >= 0.6 is 0 Å². The molecule has 21 heavy (non-hydrogen) atoms. The van der Waals surface area contributed by atoms with Crippen molar-refractivity contribution in [1.29, 1.82) is 0 Å². The predicted octanol–water partition coefficient (Wildman–Crippen LogP) is 2.41. The number of nitrogens with zero attached hydrogens (tertiary/aromatic N) is 4. The van der Waals surface area contributed by atoms with Crippen molar-refractivity contribution in [3.8, 4) is 11.4 Å². The van der Waals surface area contributed by atoms with Gasteiger partial charge < -0.3 is 9.67 Å². The zero-order chi connectivity index (χ0) is 15.8. The van der Waals surface area contributed by atoms with Crippen LogP contribution in [0.2, 0.25) is 0 Å². The van der Waals surface area contributed by atoms with Gasteiger partial charge in [-0.05, 0) is 39.8 Å². The summed E-state index contributed by atoms with van der Waals surface area (Å²) in [5.41, 5.74) is 1.06. The first-order valence-corrected chi connectivity index (χ1v) is 6.56. The molecule has 0 amide bonds. The molecule has 1 aromatic carbocycles. The lowest BCUT2D eigenvalue weighted by Crippen LogP contribution is -2.25. The second-order valence-electron chi connectivity index (χ2n) is 5.86. The summed E-state index contributed by atoms with van der Waals surface area (Å²) in [6, 6.07) is 4.83. The third kappa shape index (κ3) is 2.78. The Morgan fingerprint density at radius 1 is 1.33 bits per heavy atom. The maximum atomic E-state index is 10.9. The number of nitro groups is 1. The molecule has 0 radical (unpaired) electrons. The summed E-state index contributed by atoms with van der Waals surface area (Å²) in [5, 5.41) is 28.4. The van der Waals surface area contributed by atoms with E-state index in [-0.39, 0.29) is 17.8 Å². The number of rotatable bonds is 3. The summed E-state index contributed by atoms with van der Waals surface area (Å²) in [7, 11) is 0. The number of hydrogen-bond acceptors (Lipinski definition) is 5. The second-order valence-corrected chi connectivity index (χ2v) is 5.86. The van der Waals surface area contributed by atoms with Gasteiger partial charge in [0.25, 0.3) is 5.69 Å². The molecule has 7 heteroatoms. The first-order chi connectivity index (χ1) is 9.75. The van der Waals surface area contributed by atoms with E-state index in [4.69, 9.17) is 0 Å². The van der Waals surface area contributed by atoms with Gasteiger partial charge in [0.2, 0.25) is 0 Å². The van der Waals surface area contributed by atoms with Gasteiger partial charge in [-0.3, -0.25) is 10.1 Å². The van der Waals surface area contributed by atoms with Crippen LogP contribution in [0.3, 0.4) is 0 Å². The van der Waals surface area contributed by atoms with Gasteiger partial charge in [0.1, 0.15) is 6.61 Å². The fourth-order valence-corrected chi connectivity index (χ4v) is 2.31. The molecule has 112 valence electrons. The largest absolute Gasteiger partial charge is 0.388 e. The maximum Gasteiger partial charge on any atom is 0.272 e. The van der Waals surface area contributed by atoms with Crippen LogP contribution < -0.4 is 0 Å². The molecule has 0 aliphatic heterocycles. The molecule has 0 saturated carbocycles. The van der Waals surface area contributed by atoms with Gasteiger partial charge in [0.15, 0.2) is 11.6 Å². The lowest BCUT2D eigenvalue weighted by Gasteiger charge is -2.24. The third-order valence-corrected chi connectivity index (χ3v) is 3.19. The summed E-state index contributed by atoms with van der Waals surface area (Å²) in [4.78, 5) is 10.5. The van der Waals surface area contributed by atoms with Gasteiger partial charge in [0.05, 0.1) is 4.92 Å². The molecular weight excluding hydrogens is 272 g/mol. The standard InChI is InChI=1S/C14H18N4O3/c1-9-7-10(5-6-11(9)18(20)21)13-16-15-12(8-19)17(13)14(2,3)4/h5-7,19H,8H2,1-4H3. The minimum Gasteiger partial charge on any atom is -0.388 e. The van der Waals surface area contributed by atoms with E-state index in [1.54, 1.807) is 19.1 Å². The highest BCUT2D eigenvalue weighted by atomic mass is 16.6. The van der Waals surface area contributed by atoms with Gasteiger partial charge in [-0.1, -0.05) is 0 Å². The van der Waals surface area contributed by atoms with Gasteiger partial charge in [-0.15, -0.1) is 10.2 Å². The Hall–Kier alpha value is -2.28. The highest BCUT2D eigenvalue weighted by molar-refractivity contribution is 5.61. The number of benzene rings is 1. The van der Waals surface area contributed by atoms with E-state index in [0.29, 0.717) is 17.2 Å². The lowest BCUT2D eigenvalue weighted by molar-refractivity contribution is -0.385. The highest BCUT2D eigenvalue weighted by Gasteiger charge is 2.24. The molecule has 1 heterocycles. The number of hydrogen-bond donors (Lipinski definition) is 1. The van der Waals surface area contributed by atoms with Crippen molar-refractivity contribution in [3.05, 3.63) is 39.7 Å². The minimum atomic E-state index is -0.410. The van der Waals surface area contributed by atoms with Gasteiger partial charge in [-0.25, -0.2) is 0 Å². The fraction of sp³-hybridized carbons (Fsp3) is 0.429. The van der Waals surface area contributed by atoms with E-state index < -0.39 is 4.92 Å². The maximum absolute atomic E-state index is 10.9. The Bertz CT molecular complexity index is 686. The molecule has 0 aliphatic carbocycles. The van der Waals surface area contributed by atoms with E-state index in [9.17, 15) is 15.2 Å². The Labute approximate surface area is 122 Å². The molecule has 0 spiro atoms. The first kappa shape index (κ1) is 15.1. The molecule has 0 aliphatic rings. The summed E-state index contributed by atoms with van der Waals surface area (Å²) in [5.74, 6) is 1.05. The summed E-state index contributed by atoms with van der Waals surface area (Å²) in [6.45, 7) is 7.43. The summed E-state index contributed by atoms with van der Waals surface area (Å²) in [6.07, 6.45) is 0. The SMILES string of the molecule is Cc1cc(-c2nnc(CO)n2C(C)(C)C)ccc1[N+](=O)[O-]. The topological polar surface area (TPSA) is 94.1 Å². The van der Waals surface area contributed by atoms with Crippen LogP contribution in [-0.2, 0) is 12.1 Å². The van der Waals surface area contributed by atoms with Crippen LogP contribution in [0.5, 0.6) is 0 Å². The van der Waals surface area contributed by atoms with Crippen LogP contribution in [0.25, 0.3) is 11.4 Å². The Morgan fingerprint density at radius 2 is 2.00 bits per heavy atom. The van der Waals surface area contributed by atoms with Crippen molar-refractivity contribution >= 4 is 5.69 Å². The third-order valence-electron chi connectivity index (χ3n) is 3.19. The van der Waals surface area contributed by atoms with Crippen LogP contribution in [0.1, 0.15) is 32.2 Å². The Balaban J connectivity index is 2.60. The summed E-state index contributed by atoms with van der Waals surface area (Å²) < 4.78 is 1.84. The number of aryl methyl sites for hydroxylation is 1. The Morgan fingerprint density at radius 3 is 2.48 bits per heavy atom. The molecule has 2 aromatic rings. The lowest BCUT2D eigenvalue weighted by atomic mass is 10.1. The predicted molar refractivity (Wildman–Crippen MR) is 77.8 cm³/mol. The van der Waals surface area contributed by atoms with E-state index in [2.05, 4.69) is 10.2 Å². The molecule has 0 atom stereocenters. The van der Waals surface area contributed by atoms with E-state index >= 15 is 0 Å². The molecule has 0 unspecified atom stereocenters. The van der Waals surface area contributed by atoms with Crippen molar-refractivity contribution in [1.82, 2.24) is 14.8 Å². The van der Waals surface area contributed by atoms with Crippen LogP contribution in [0.4, 0.5) is 5.69 Å². The van der Waals surface area contributed by atoms with Crippen molar-refractivity contribution < 1.29 is 10.0 Å². The average molecular weight is 290 g/mol. The van der Waals surface area contributed by atoms with E-state index in [0.717, 1.165) is 5.56 Å². The molecule has 7 nitrogen and oxygen atoms in total. The quantitative estimate of drug-likeness (QED) is 0.692. The van der Waals surface area contributed by atoms with Gasteiger partial charge in [-0.2, -0.15) is 0 Å². The number of aliphatic hydroxyl groups is 1. The van der Waals surface area contributed by atoms with Gasteiger partial charge >= 0.3 is 0 Å². The van der Waals surface area contributed by atoms with E-state index in [1.807, 2.05) is 25.3 Å². The molecule has 2 rings (SSSR count). The van der Waals surface area contributed by atoms with Crippen molar-refractivity contribution in [3.63, 3.8) is 0 Å². The Kier molecular flexibility index (Phi) is 3.78. The van der Waals surface area contributed by atoms with Crippen molar-refractivity contribution in [2.45, 2.75) is 39.8 Å². The van der Waals surface area contributed by atoms with Crippen LogP contribution in [-0.4, -0.2) is 24.8 Å². The molecule has 1 aromatic heterocycles. The first-order valence-electron chi connectivity index (χ1n) is 6.56. The van der Waals surface area contributed by atoms with Crippen molar-refractivity contribution in [2.24, 2.45) is 0 Å². The zero-order valence-electron chi connectivity index (χ0n) is 12.5. The summed E-state index contributed by atoms with van der Waals surface area (Å²) >= 11 is 0. The van der Waals surface area contributed by atoms with Crippen LogP contribution in [0, 0.1) is 17.0 Å². The number of aliphatic hydroxyl groups excluding tert-OH is 1. The molecular formula is C14H18N4O3. The molecule has 0 saturated heterocycles. The second kappa shape index (κ2) is 5.25. The van der Waals surface area contributed by atoms with Crippen LogP contribution in [0.15, 0.2) is 18.2 Å². The monoisotopic (exact) mass is 290 g/mol. The van der Waals surface area contributed by atoms with Crippen molar-refractivity contribution in [2.75, 3.05) is 0 Å². The van der Waals surface area contributed by atoms with E-state index in [1.165, 1.54) is 6.07 Å².